The van der Waals surface area contributed by atoms with Gasteiger partial charge in [-0.25, -0.2) is 4.98 Å². The van der Waals surface area contributed by atoms with Crippen molar-refractivity contribution in [2.75, 3.05) is 39.8 Å². The van der Waals surface area contributed by atoms with Gasteiger partial charge in [-0.3, -0.25) is 9.59 Å². The van der Waals surface area contributed by atoms with Gasteiger partial charge in [0.15, 0.2) is 0 Å². The number of nitrogens with one attached hydrogen (secondary N) is 2. The van der Waals surface area contributed by atoms with Crippen LogP contribution in [0.3, 0.4) is 0 Å². The van der Waals surface area contributed by atoms with Crippen LogP contribution in [-0.4, -0.2) is 71.4 Å². The largest absolute Gasteiger partial charge is 0.355 e. The lowest BCUT2D eigenvalue weighted by Gasteiger charge is -2.40. The molecule has 2 amide bonds. The number of nitrogens with zero attached hydrogens (tertiary/aromatic N) is 3. The van der Waals surface area contributed by atoms with Gasteiger partial charge >= 0.3 is 0 Å². The summed E-state index contributed by atoms with van der Waals surface area (Å²) in [7, 11) is 2.15. The Morgan fingerprint density at radius 1 is 1.27 bits per heavy atom. The molecule has 4 rings (SSSR count). The van der Waals surface area contributed by atoms with Crippen LogP contribution in [0.2, 0.25) is 0 Å². The van der Waals surface area contributed by atoms with Gasteiger partial charge in [-0.15, -0.1) is 0 Å². The zero-order valence-electron chi connectivity index (χ0n) is 18.3. The zero-order valence-corrected chi connectivity index (χ0v) is 18.3. The van der Waals surface area contributed by atoms with Crippen LogP contribution in [0.15, 0.2) is 18.2 Å². The van der Waals surface area contributed by atoms with E-state index in [-0.39, 0.29) is 11.8 Å². The first kappa shape index (κ1) is 20.8. The minimum Gasteiger partial charge on any atom is -0.355 e. The van der Waals surface area contributed by atoms with E-state index in [0.717, 1.165) is 62.2 Å². The van der Waals surface area contributed by atoms with Crippen molar-refractivity contribution in [3.05, 3.63) is 29.6 Å². The molecule has 1 unspecified atom stereocenters. The van der Waals surface area contributed by atoms with Gasteiger partial charge in [0, 0.05) is 25.2 Å². The maximum Gasteiger partial charge on any atom is 0.253 e. The first-order valence-corrected chi connectivity index (χ1v) is 11.1. The number of carbonyl (C=O) groups excluding carboxylic acids is 2. The molecule has 0 aliphatic carbocycles. The third-order valence-corrected chi connectivity index (χ3v) is 6.77. The molecule has 0 bridgehead atoms. The monoisotopic (exact) mass is 411 g/mol. The number of piperidine rings is 2. The molecular formula is C23H33N5O2. The molecule has 30 heavy (non-hydrogen) atoms. The number of aryl methyl sites for hydroxylation is 1. The summed E-state index contributed by atoms with van der Waals surface area (Å²) in [5.74, 6) is 1.46. The standard InChI is InChI=1S/C23H33N5O2/c1-16-25-19-6-5-18(13-20(19)26-16)21(29)28-10-4-9-23(2,15-28)22(30)24-14-17-7-11-27(3)12-8-17/h5-6,13,17H,4,7-12,14-15H2,1-3H3,(H,24,30)(H,25,26). The molecule has 2 aliphatic heterocycles. The van der Waals surface area contributed by atoms with Gasteiger partial charge in [-0.05, 0) is 83.8 Å². The predicted molar refractivity (Wildman–Crippen MR) is 117 cm³/mol. The Morgan fingerprint density at radius 3 is 2.80 bits per heavy atom. The molecular weight excluding hydrogens is 378 g/mol. The molecule has 7 nitrogen and oxygen atoms in total. The highest BCUT2D eigenvalue weighted by Gasteiger charge is 2.39. The van der Waals surface area contributed by atoms with Crippen LogP contribution in [-0.2, 0) is 4.79 Å². The summed E-state index contributed by atoms with van der Waals surface area (Å²) in [4.78, 5) is 38.0. The van der Waals surface area contributed by atoms with Crippen LogP contribution in [0.4, 0.5) is 0 Å². The fourth-order valence-electron chi connectivity index (χ4n) is 4.77. The lowest BCUT2D eigenvalue weighted by molar-refractivity contribution is -0.132. The normalized spacial score (nSPS) is 23.6. The number of hydrogen-bond donors (Lipinski definition) is 2. The second-order valence-corrected chi connectivity index (χ2v) is 9.40. The van der Waals surface area contributed by atoms with E-state index in [4.69, 9.17) is 0 Å². The van der Waals surface area contributed by atoms with Crippen LogP contribution >= 0.6 is 0 Å². The van der Waals surface area contributed by atoms with E-state index in [1.54, 1.807) is 0 Å². The Balaban J connectivity index is 1.39. The first-order valence-electron chi connectivity index (χ1n) is 11.1. The van der Waals surface area contributed by atoms with Crippen LogP contribution in [0.25, 0.3) is 11.0 Å². The molecule has 3 heterocycles. The second kappa shape index (κ2) is 8.38. The molecule has 1 aromatic heterocycles. The lowest BCUT2D eigenvalue weighted by Crippen LogP contribution is -2.52. The number of fused-ring (bicyclic) bond motifs is 1. The molecule has 7 heteroatoms. The number of rotatable bonds is 4. The third-order valence-electron chi connectivity index (χ3n) is 6.77. The molecule has 2 N–H and O–H groups in total. The zero-order chi connectivity index (χ0) is 21.3. The summed E-state index contributed by atoms with van der Waals surface area (Å²) in [5.41, 5.74) is 1.84. The maximum absolute atomic E-state index is 13.2. The first-order chi connectivity index (χ1) is 14.3. The number of benzene rings is 1. The minimum atomic E-state index is -0.534. The summed E-state index contributed by atoms with van der Waals surface area (Å²) in [6.45, 7) is 7.99. The Hall–Kier alpha value is -2.41. The molecule has 0 spiro atoms. The molecule has 2 fully saturated rings. The third kappa shape index (κ3) is 4.36. The highest BCUT2D eigenvalue weighted by Crippen LogP contribution is 2.31. The van der Waals surface area contributed by atoms with Gasteiger partial charge < -0.3 is 20.1 Å². The number of imidazole rings is 1. The summed E-state index contributed by atoms with van der Waals surface area (Å²) in [6.07, 6.45) is 3.92. The van der Waals surface area contributed by atoms with Crippen molar-refractivity contribution in [3.8, 4) is 0 Å². The van der Waals surface area contributed by atoms with Crippen molar-refractivity contribution in [1.29, 1.82) is 0 Å². The van der Waals surface area contributed by atoms with Crippen LogP contribution in [0.5, 0.6) is 0 Å². The van der Waals surface area contributed by atoms with Gasteiger partial charge in [-0.1, -0.05) is 0 Å². The Kier molecular flexibility index (Phi) is 5.82. The van der Waals surface area contributed by atoms with Crippen molar-refractivity contribution < 1.29 is 9.59 Å². The van der Waals surface area contributed by atoms with Crippen LogP contribution < -0.4 is 5.32 Å². The van der Waals surface area contributed by atoms with Crippen molar-refractivity contribution in [2.24, 2.45) is 11.3 Å². The summed E-state index contributed by atoms with van der Waals surface area (Å²) in [5, 5.41) is 3.19. The average molecular weight is 412 g/mol. The summed E-state index contributed by atoms with van der Waals surface area (Å²) >= 11 is 0. The molecule has 2 aliphatic rings. The second-order valence-electron chi connectivity index (χ2n) is 9.40. The molecule has 2 saturated heterocycles. The number of aromatic amines is 1. The van der Waals surface area contributed by atoms with E-state index in [2.05, 4.69) is 27.2 Å². The Morgan fingerprint density at radius 2 is 2.03 bits per heavy atom. The lowest BCUT2D eigenvalue weighted by atomic mass is 9.80. The topological polar surface area (TPSA) is 81.3 Å². The Labute approximate surface area is 178 Å². The molecule has 0 saturated carbocycles. The molecule has 1 aromatic carbocycles. The smallest absolute Gasteiger partial charge is 0.253 e. The van der Waals surface area contributed by atoms with Crippen molar-refractivity contribution in [1.82, 2.24) is 25.1 Å². The molecule has 0 radical (unpaired) electrons. The van der Waals surface area contributed by atoms with E-state index < -0.39 is 5.41 Å². The molecule has 2 aromatic rings. The van der Waals surface area contributed by atoms with Crippen molar-refractivity contribution in [3.63, 3.8) is 0 Å². The highest BCUT2D eigenvalue weighted by atomic mass is 16.2. The van der Waals surface area contributed by atoms with Crippen molar-refractivity contribution >= 4 is 22.8 Å². The van der Waals surface area contributed by atoms with Crippen LogP contribution in [0.1, 0.15) is 48.8 Å². The SMILES string of the molecule is Cc1nc2ccc(C(=O)N3CCCC(C)(C(=O)NCC4CCN(C)CC4)C3)cc2[nH]1. The van der Waals surface area contributed by atoms with Gasteiger partial charge in [0.1, 0.15) is 5.82 Å². The van der Waals surface area contributed by atoms with E-state index in [9.17, 15) is 9.59 Å². The predicted octanol–water partition coefficient (Wildman–Crippen LogP) is 2.57. The van der Waals surface area contributed by atoms with E-state index in [0.29, 0.717) is 24.6 Å². The van der Waals surface area contributed by atoms with Gasteiger partial charge in [0.2, 0.25) is 5.91 Å². The van der Waals surface area contributed by atoms with Gasteiger partial charge in [-0.2, -0.15) is 0 Å². The summed E-state index contributed by atoms with van der Waals surface area (Å²) in [6, 6.07) is 5.57. The molecule has 162 valence electrons. The highest BCUT2D eigenvalue weighted by molar-refractivity contribution is 5.98. The number of likely N-dealkylation sites (tertiary alicyclic amines) is 2. The number of amides is 2. The fraction of sp³-hybridized carbons (Fsp3) is 0.609. The molecule has 1 atom stereocenters. The number of carbonyl (C=O) groups is 2. The minimum absolute atomic E-state index is 0.0156. The van der Waals surface area contributed by atoms with Crippen LogP contribution in [0, 0.1) is 18.3 Å². The van der Waals surface area contributed by atoms with E-state index in [1.807, 2.05) is 36.9 Å². The van der Waals surface area contributed by atoms with Crippen molar-refractivity contribution in [2.45, 2.75) is 39.5 Å². The van der Waals surface area contributed by atoms with Gasteiger partial charge in [0.25, 0.3) is 5.91 Å². The average Bonchev–Trinajstić information content (AvgIpc) is 3.11. The quantitative estimate of drug-likeness (QED) is 0.810. The van der Waals surface area contributed by atoms with E-state index in [1.165, 1.54) is 0 Å². The number of aromatic nitrogens is 2. The number of H-pyrrole nitrogens is 1. The summed E-state index contributed by atoms with van der Waals surface area (Å²) < 4.78 is 0. The fourth-order valence-corrected chi connectivity index (χ4v) is 4.77. The maximum atomic E-state index is 13.2. The van der Waals surface area contributed by atoms with Gasteiger partial charge in [0.05, 0.1) is 16.4 Å². The van der Waals surface area contributed by atoms with E-state index >= 15 is 0 Å². The number of hydrogen-bond acceptors (Lipinski definition) is 4. The Bertz CT molecular complexity index is 931.